The van der Waals surface area contributed by atoms with Gasteiger partial charge in [0.2, 0.25) is 0 Å². The highest BCUT2D eigenvalue weighted by molar-refractivity contribution is 7.99. The maximum absolute atomic E-state index is 3.52. The molecule has 2 rings (SSSR count). The summed E-state index contributed by atoms with van der Waals surface area (Å²) in [7, 11) is 0. The minimum Gasteiger partial charge on any atom is -0.385 e. The second kappa shape index (κ2) is 4.74. The van der Waals surface area contributed by atoms with Crippen molar-refractivity contribution in [1.29, 1.82) is 0 Å². The molecule has 1 N–H and O–H groups in total. The number of rotatable bonds is 1. The van der Waals surface area contributed by atoms with Crippen molar-refractivity contribution in [3.8, 4) is 0 Å². The lowest BCUT2D eigenvalue weighted by atomic mass is 10.1. The van der Waals surface area contributed by atoms with E-state index in [2.05, 4.69) is 48.3 Å². The van der Waals surface area contributed by atoms with Gasteiger partial charge in [-0.1, -0.05) is 25.1 Å². The highest BCUT2D eigenvalue weighted by Gasteiger charge is 2.15. The highest BCUT2D eigenvalue weighted by atomic mass is 32.2. The molecule has 1 aromatic rings. The predicted octanol–water partition coefficient (Wildman–Crippen LogP) is 3.69. The number of benzene rings is 1. The zero-order chi connectivity index (χ0) is 9.80. The SMILES string of the molecule is CCC1SCCCNc2ccccc21. The van der Waals surface area contributed by atoms with Gasteiger partial charge < -0.3 is 5.32 Å². The molecule has 1 aliphatic rings. The van der Waals surface area contributed by atoms with Gasteiger partial charge in [0.15, 0.2) is 0 Å². The zero-order valence-corrected chi connectivity index (χ0v) is 9.44. The molecule has 1 unspecified atom stereocenters. The Morgan fingerprint density at radius 2 is 2.29 bits per heavy atom. The molecule has 1 nitrogen and oxygen atoms in total. The van der Waals surface area contributed by atoms with E-state index in [4.69, 9.17) is 0 Å². The number of hydrogen-bond donors (Lipinski definition) is 1. The summed E-state index contributed by atoms with van der Waals surface area (Å²) in [5.74, 6) is 1.28. The molecular formula is C12H17NS. The van der Waals surface area contributed by atoms with Crippen molar-refractivity contribution in [2.45, 2.75) is 25.0 Å². The van der Waals surface area contributed by atoms with Crippen LogP contribution in [0.3, 0.4) is 0 Å². The summed E-state index contributed by atoms with van der Waals surface area (Å²) < 4.78 is 0. The second-order valence-corrected chi connectivity index (χ2v) is 4.95. The van der Waals surface area contributed by atoms with E-state index >= 15 is 0 Å². The van der Waals surface area contributed by atoms with Crippen LogP contribution in [0.2, 0.25) is 0 Å². The van der Waals surface area contributed by atoms with Crippen LogP contribution in [-0.4, -0.2) is 12.3 Å². The Morgan fingerprint density at radius 3 is 3.14 bits per heavy atom. The first-order valence-corrected chi connectivity index (χ1v) is 6.41. The molecule has 0 bridgehead atoms. The third-order valence-corrected chi connectivity index (χ3v) is 4.15. The Labute approximate surface area is 90.3 Å². The normalized spacial score (nSPS) is 21.6. The molecule has 0 aromatic heterocycles. The van der Waals surface area contributed by atoms with Crippen LogP contribution in [0, 0.1) is 0 Å². The molecule has 0 radical (unpaired) electrons. The summed E-state index contributed by atoms with van der Waals surface area (Å²) in [6.07, 6.45) is 2.50. The average molecular weight is 207 g/mol. The Hall–Kier alpha value is -0.630. The molecule has 76 valence electrons. The van der Waals surface area contributed by atoms with Gasteiger partial charge in [-0.25, -0.2) is 0 Å². The van der Waals surface area contributed by atoms with Crippen molar-refractivity contribution < 1.29 is 0 Å². The quantitative estimate of drug-likeness (QED) is 0.754. The van der Waals surface area contributed by atoms with E-state index in [1.54, 1.807) is 0 Å². The third kappa shape index (κ3) is 2.06. The topological polar surface area (TPSA) is 12.0 Å². The molecule has 1 aromatic carbocycles. The van der Waals surface area contributed by atoms with Crippen molar-refractivity contribution in [3.05, 3.63) is 29.8 Å². The maximum Gasteiger partial charge on any atom is 0.0384 e. The smallest absolute Gasteiger partial charge is 0.0384 e. The van der Waals surface area contributed by atoms with E-state index in [1.165, 1.54) is 29.8 Å². The number of thioether (sulfide) groups is 1. The van der Waals surface area contributed by atoms with Crippen LogP contribution in [0.15, 0.2) is 24.3 Å². The van der Waals surface area contributed by atoms with E-state index in [0.717, 1.165) is 6.54 Å². The molecule has 0 spiro atoms. The second-order valence-electron chi connectivity index (χ2n) is 3.64. The number of nitrogens with one attached hydrogen (secondary N) is 1. The van der Waals surface area contributed by atoms with Gasteiger partial charge >= 0.3 is 0 Å². The van der Waals surface area contributed by atoms with Crippen LogP contribution in [0.25, 0.3) is 0 Å². The summed E-state index contributed by atoms with van der Waals surface area (Å²) in [5, 5.41) is 4.20. The Kier molecular flexibility index (Phi) is 3.35. The van der Waals surface area contributed by atoms with Crippen molar-refractivity contribution in [2.24, 2.45) is 0 Å². The first-order valence-electron chi connectivity index (χ1n) is 5.36. The minimum atomic E-state index is 0.680. The van der Waals surface area contributed by atoms with Gasteiger partial charge in [0.25, 0.3) is 0 Å². The molecule has 1 heterocycles. The number of fused-ring (bicyclic) bond motifs is 1. The van der Waals surface area contributed by atoms with Crippen LogP contribution in [0.1, 0.15) is 30.6 Å². The van der Waals surface area contributed by atoms with E-state index in [1.807, 2.05) is 0 Å². The molecule has 0 amide bonds. The lowest BCUT2D eigenvalue weighted by Crippen LogP contribution is -2.10. The molecule has 0 aliphatic carbocycles. The fourth-order valence-corrected chi connectivity index (χ4v) is 3.10. The van der Waals surface area contributed by atoms with Crippen LogP contribution in [0.5, 0.6) is 0 Å². The maximum atomic E-state index is 3.52. The number of para-hydroxylation sites is 1. The summed E-state index contributed by atoms with van der Waals surface area (Å²) >= 11 is 2.10. The molecule has 1 aliphatic heterocycles. The van der Waals surface area contributed by atoms with Crippen molar-refractivity contribution >= 4 is 17.4 Å². The first kappa shape index (κ1) is 9.91. The molecular weight excluding hydrogens is 190 g/mol. The fraction of sp³-hybridized carbons (Fsp3) is 0.500. The van der Waals surface area contributed by atoms with Gasteiger partial charge in [-0.15, -0.1) is 0 Å². The summed E-state index contributed by atoms with van der Waals surface area (Å²) in [6, 6.07) is 8.72. The molecule has 0 fully saturated rings. The van der Waals surface area contributed by atoms with E-state index in [-0.39, 0.29) is 0 Å². The van der Waals surface area contributed by atoms with Gasteiger partial charge in [-0.2, -0.15) is 11.8 Å². The number of anilines is 1. The highest BCUT2D eigenvalue weighted by Crippen LogP contribution is 2.37. The first-order chi connectivity index (χ1) is 6.92. The van der Waals surface area contributed by atoms with Crippen molar-refractivity contribution in [1.82, 2.24) is 0 Å². The molecule has 0 saturated heterocycles. The Bertz CT molecular complexity index is 298. The van der Waals surface area contributed by atoms with E-state index in [9.17, 15) is 0 Å². The van der Waals surface area contributed by atoms with Crippen LogP contribution in [-0.2, 0) is 0 Å². The average Bonchev–Trinajstić information content (AvgIpc) is 2.20. The van der Waals surface area contributed by atoms with Gasteiger partial charge in [0.05, 0.1) is 0 Å². The summed E-state index contributed by atoms with van der Waals surface area (Å²) in [6.45, 7) is 3.39. The van der Waals surface area contributed by atoms with Crippen LogP contribution >= 0.6 is 11.8 Å². The summed E-state index contributed by atoms with van der Waals surface area (Å²) in [4.78, 5) is 0. The minimum absolute atomic E-state index is 0.680. The monoisotopic (exact) mass is 207 g/mol. The molecule has 1 atom stereocenters. The van der Waals surface area contributed by atoms with E-state index in [0.29, 0.717) is 5.25 Å². The lowest BCUT2D eigenvalue weighted by Gasteiger charge is -2.22. The largest absolute Gasteiger partial charge is 0.385 e. The zero-order valence-electron chi connectivity index (χ0n) is 8.62. The van der Waals surface area contributed by atoms with Crippen LogP contribution in [0.4, 0.5) is 5.69 Å². The van der Waals surface area contributed by atoms with Crippen molar-refractivity contribution in [2.75, 3.05) is 17.6 Å². The third-order valence-electron chi connectivity index (χ3n) is 2.63. The molecule has 0 saturated carbocycles. The van der Waals surface area contributed by atoms with Gasteiger partial charge in [-0.05, 0) is 30.2 Å². The Balaban J connectivity index is 2.31. The van der Waals surface area contributed by atoms with Crippen LogP contribution < -0.4 is 5.32 Å². The Morgan fingerprint density at radius 1 is 1.43 bits per heavy atom. The molecule has 14 heavy (non-hydrogen) atoms. The molecule has 2 heteroatoms. The standard InChI is InChI=1S/C12H17NS/c1-2-12-10-6-3-4-7-11(10)13-8-5-9-14-12/h3-4,6-7,12-13H,2,5,8-9H2,1H3. The van der Waals surface area contributed by atoms with Gasteiger partial charge in [0.1, 0.15) is 0 Å². The fourth-order valence-electron chi connectivity index (χ4n) is 1.89. The van der Waals surface area contributed by atoms with Gasteiger partial charge in [0, 0.05) is 17.5 Å². The van der Waals surface area contributed by atoms with E-state index < -0.39 is 0 Å². The lowest BCUT2D eigenvalue weighted by molar-refractivity contribution is 0.872. The number of hydrogen-bond acceptors (Lipinski definition) is 2. The predicted molar refractivity (Wildman–Crippen MR) is 65.0 cm³/mol. The van der Waals surface area contributed by atoms with Crippen molar-refractivity contribution in [3.63, 3.8) is 0 Å². The van der Waals surface area contributed by atoms with Gasteiger partial charge in [-0.3, -0.25) is 0 Å². The summed E-state index contributed by atoms with van der Waals surface area (Å²) in [5.41, 5.74) is 2.83.